The van der Waals surface area contributed by atoms with Gasteiger partial charge in [0.25, 0.3) is 5.56 Å². The fourth-order valence-electron chi connectivity index (χ4n) is 2.75. The number of hydrogen-bond donors (Lipinski definition) is 0. The molecule has 0 aliphatic rings. The van der Waals surface area contributed by atoms with Gasteiger partial charge in [0.05, 0.1) is 24.1 Å². The second kappa shape index (κ2) is 8.74. The smallest absolute Gasteiger partial charge is 0.417 e. The van der Waals surface area contributed by atoms with Crippen LogP contribution < -0.4 is 15.2 Å². The molecule has 0 bridgehead atoms. The van der Waals surface area contributed by atoms with Crippen molar-refractivity contribution in [2.45, 2.75) is 19.6 Å². The number of pyridine rings is 1. The first-order valence-corrected chi connectivity index (χ1v) is 9.33. The monoisotopic (exact) mass is 438 g/mol. The molecule has 0 fully saturated rings. The first-order valence-electron chi connectivity index (χ1n) is 8.95. The van der Waals surface area contributed by atoms with E-state index in [0.717, 1.165) is 28.1 Å². The highest BCUT2D eigenvalue weighted by Crippen LogP contribution is 2.29. The average Bonchev–Trinajstić information content (AvgIpc) is 2.71. The second-order valence-corrected chi connectivity index (χ2v) is 6.77. The predicted molar refractivity (Wildman–Crippen MR) is 107 cm³/mol. The van der Waals surface area contributed by atoms with E-state index in [1.807, 2.05) is 31.2 Å². The van der Waals surface area contributed by atoms with Gasteiger partial charge in [-0.3, -0.25) is 4.79 Å². The van der Waals surface area contributed by atoms with Crippen LogP contribution in [0, 0.1) is 0 Å². The van der Waals surface area contributed by atoms with Crippen LogP contribution in [0.2, 0.25) is 5.02 Å². The highest BCUT2D eigenvalue weighted by atomic mass is 35.5. The van der Waals surface area contributed by atoms with Crippen LogP contribution in [0.1, 0.15) is 18.1 Å². The van der Waals surface area contributed by atoms with Crippen molar-refractivity contribution in [2.24, 2.45) is 0 Å². The summed E-state index contributed by atoms with van der Waals surface area (Å²) >= 11 is 6.24. The molecule has 6 nitrogen and oxygen atoms in total. The van der Waals surface area contributed by atoms with Crippen molar-refractivity contribution < 1.29 is 17.9 Å². The predicted octanol–water partition coefficient (Wildman–Crippen LogP) is 4.33. The molecule has 3 rings (SSSR count). The van der Waals surface area contributed by atoms with Gasteiger partial charge in [-0.25, -0.2) is 4.98 Å². The molecule has 0 saturated carbocycles. The largest absolute Gasteiger partial charge is 0.494 e. The summed E-state index contributed by atoms with van der Waals surface area (Å²) in [6.07, 6.45) is -2.50. The quantitative estimate of drug-likeness (QED) is 0.573. The first-order chi connectivity index (χ1) is 14.2. The Morgan fingerprint density at radius 2 is 1.83 bits per heavy atom. The van der Waals surface area contributed by atoms with Crippen LogP contribution >= 0.6 is 11.6 Å². The zero-order chi connectivity index (χ0) is 21.9. The maximum absolute atomic E-state index is 12.7. The number of rotatable bonds is 6. The van der Waals surface area contributed by atoms with Gasteiger partial charge in [0, 0.05) is 19.8 Å². The normalized spacial score (nSPS) is 11.4. The molecule has 1 aromatic carbocycles. The molecule has 30 heavy (non-hydrogen) atoms. The molecule has 158 valence electrons. The van der Waals surface area contributed by atoms with Crippen LogP contribution in [-0.2, 0) is 12.7 Å². The molecule has 0 atom stereocenters. The molecular weight excluding hydrogens is 421 g/mol. The van der Waals surface area contributed by atoms with E-state index in [9.17, 15) is 18.0 Å². The van der Waals surface area contributed by atoms with Gasteiger partial charge < -0.3 is 9.64 Å². The molecule has 0 unspecified atom stereocenters. The summed E-state index contributed by atoms with van der Waals surface area (Å²) in [4.78, 5) is 18.0. The summed E-state index contributed by atoms with van der Waals surface area (Å²) in [5, 5.41) is 3.91. The lowest BCUT2D eigenvalue weighted by molar-refractivity contribution is -0.137. The lowest BCUT2D eigenvalue weighted by atomic mass is 10.2. The van der Waals surface area contributed by atoms with Crippen molar-refractivity contribution in [3.8, 4) is 11.6 Å². The Balaban J connectivity index is 1.82. The summed E-state index contributed by atoms with van der Waals surface area (Å²) < 4.78 is 44.3. The molecule has 2 heterocycles. The lowest BCUT2D eigenvalue weighted by Gasteiger charge is -2.20. The third kappa shape index (κ3) is 4.73. The van der Waals surface area contributed by atoms with Gasteiger partial charge in [-0.15, -0.1) is 0 Å². The summed E-state index contributed by atoms with van der Waals surface area (Å²) in [5.41, 5.74) is -0.249. The Morgan fingerprint density at radius 3 is 2.40 bits per heavy atom. The number of hydrogen-bond acceptors (Lipinski definition) is 5. The van der Waals surface area contributed by atoms with Gasteiger partial charge in [-0.2, -0.15) is 23.0 Å². The Labute approximate surface area is 175 Å². The maximum atomic E-state index is 12.7. The Kier molecular flexibility index (Phi) is 6.31. The molecule has 0 aliphatic carbocycles. The van der Waals surface area contributed by atoms with E-state index >= 15 is 0 Å². The lowest BCUT2D eigenvalue weighted by Crippen LogP contribution is -2.26. The van der Waals surface area contributed by atoms with E-state index < -0.39 is 17.3 Å². The van der Waals surface area contributed by atoms with Crippen molar-refractivity contribution in [1.29, 1.82) is 0 Å². The topological polar surface area (TPSA) is 60.2 Å². The Bertz CT molecular complexity index is 1070. The molecule has 10 heteroatoms. The standard InChI is InChI=1S/C20H18ClF3N4O2/c1-3-30-15-7-4-13(5-8-15)12-27(2)16-11-26-28(19(29)18(16)21)17-9-6-14(10-25-17)20(22,23)24/h4-11H,3,12H2,1-2H3. The summed E-state index contributed by atoms with van der Waals surface area (Å²) in [6.45, 7) is 2.93. The van der Waals surface area contributed by atoms with E-state index in [2.05, 4.69) is 10.1 Å². The molecular formula is C20H18ClF3N4O2. The van der Waals surface area contributed by atoms with Crippen LogP contribution in [0.4, 0.5) is 18.9 Å². The number of anilines is 1. The molecule has 0 amide bonds. The van der Waals surface area contributed by atoms with Gasteiger partial charge in [-0.1, -0.05) is 23.7 Å². The summed E-state index contributed by atoms with van der Waals surface area (Å²) in [7, 11) is 1.75. The van der Waals surface area contributed by atoms with Crippen molar-refractivity contribution in [3.05, 3.63) is 75.3 Å². The van der Waals surface area contributed by atoms with E-state index in [4.69, 9.17) is 16.3 Å². The van der Waals surface area contributed by atoms with Crippen LogP contribution in [-0.4, -0.2) is 28.4 Å². The van der Waals surface area contributed by atoms with Crippen molar-refractivity contribution in [3.63, 3.8) is 0 Å². The molecule has 0 N–H and O–H groups in total. The van der Waals surface area contributed by atoms with Gasteiger partial charge >= 0.3 is 6.18 Å². The Morgan fingerprint density at radius 1 is 1.13 bits per heavy atom. The summed E-state index contributed by atoms with van der Waals surface area (Å²) in [6, 6.07) is 9.39. The third-order valence-corrected chi connectivity index (χ3v) is 4.61. The third-order valence-electron chi connectivity index (χ3n) is 4.26. The van der Waals surface area contributed by atoms with Crippen molar-refractivity contribution >= 4 is 17.3 Å². The molecule has 2 aromatic heterocycles. The fourth-order valence-corrected chi connectivity index (χ4v) is 3.02. The summed E-state index contributed by atoms with van der Waals surface area (Å²) in [5.74, 6) is 0.700. The van der Waals surface area contributed by atoms with E-state index in [0.29, 0.717) is 25.0 Å². The zero-order valence-electron chi connectivity index (χ0n) is 16.2. The minimum atomic E-state index is -4.52. The second-order valence-electron chi connectivity index (χ2n) is 6.40. The number of aromatic nitrogens is 3. The molecule has 0 saturated heterocycles. The highest BCUT2D eigenvalue weighted by Gasteiger charge is 2.30. The average molecular weight is 439 g/mol. The number of nitrogens with zero attached hydrogens (tertiary/aromatic N) is 4. The van der Waals surface area contributed by atoms with Crippen molar-refractivity contribution in [2.75, 3.05) is 18.6 Å². The van der Waals surface area contributed by atoms with Crippen LogP contribution in [0.5, 0.6) is 5.75 Å². The number of ether oxygens (including phenoxy) is 1. The van der Waals surface area contributed by atoms with Crippen LogP contribution in [0.15, 0.2) is 53.6 Å². The highest BCUT2D eigenvalue weighted by molar-refractivity contribution is 6.33. The number of benzene rings is 1. The SMILES string of the molecule is CCOc1ccc(CN(C)c2cnn(-c3ccc(C(F)(F)F)cn3)c(=O)c2Cl)cc1. The number of halogens is 4. The van der Waals surface area contributed by atoms with E-state index in [1.54, 1.807) is 11.9 Å². The minimum Gasteiger partial charge on any atom is -0.494 e. The van der Waals surface area contributed by atoms with Crippen molar-refractivity contribution in [1.82, 2.24) is 14.8 Å². The van der Waals surface area contributed by atoms with Gasteiger partial charge in [0.2, 0.25) is 0 Å². The maximum Gasteiger partial charge on any atom is 0.417 e. The molecule has 0 aliphatic heterocycles. The van der Waals surface area contributed by atoms with Crippen LogP contribution in [0.3, 0.4) is 0 Å². The Hall–Kier alpha value is -3.07. The molecule has 0 radical (unpaired) electrons. The van der Waals surface area contributed by atoms with Crippen LogP contribution in [0.25, 0.3) is 5.82 Å². The fraction of sp³-hybridized carbons (Fsp3) is 0.250. The zero-order valence-corrected chi connectivity index (χ0v) is 16.9. The van der Waals surface area contributed by atoms with E-state index in [-0.39, 0.29) is 10.8 Å². The van der Waals surface area contributed by atoms with Gasteiger partial charge in [-0.05, 0) is 36.8 Å². The first kappa shape index (κ1) is 21.6. The number of alkyl halides is 3. The van der Waals surface area contributed by atoms with Gasteiger partial charge in [0.15, 0.2) is 5.82 Å². The minimum absolute atomic E-state index is 0.0596. The molecule has 3 aromatic rings. The van der Waals surface area contributed by atoms with Gasteiger partial charge in [0.1, 0.15) is 10.8 Å². The van der Waals surface area contributed by atoms with E-state index in [1.165, 1.54) is 6.20 Å². The molecule has 0 spiro atoms.